The zero-order valence-electron chi connectivity index (χ0n) is 13.2. The van der Waals surface area contributed by atoms with E-state index >= 15 is 0 Å². The van der Waals surface area contributed by atoms with Crippen LogP contribution in [0.3, 0.4) is 0 Å². The van der Waals surface area contributed by atoms with E-state index in [0.29, 0.717) is 6.54 Å². The van der Waals surface area contributed by atoms with E-state index in [1.54, 1.807) is 0 Å². The fourth-order valence-corrected chi connectivity index (χ4v) is 3.07. The molecule has 20 heavy (non-hydrogen) atoms. The van der Waals surface area contributed by atoms with Gasteiger partial charge in [-0.2, -0.15) is 0 Å². The largest absolute Gasteiger partial charge is 0.368 e. The first-order valence-corrected chi connectivity index (χ1v) is 7.91. The molecule has 1 aliphatic heterocycles. The molecule has 1 saturated carbocycles. The normalized spacial score (nSPS) is 24.8. The Morgan fingerprint density at radius 3 is 2.25 bits per heavy atom. The Hall–Kier alpha value is -0.650. The summed E-state index contributed by atoms with van der Waals surface area (Å²) in [6.45, 7) is 12.3. The smallest absolute Gasteiger partial charge is 0.238 e. The average Bonchev–Trinajstić information content (AvgIpc) is 3.14. The molecule has 1 atom stereocenters. The van der Waals surface area contributed by atoms with Crippen molar-refractivity contribution in [3.63, 3.8) is 0 Å². The molecule has 0 spiro atoms. The van der Waals surface area contributed by atoms with Crippen LogP contribution in [0.4, 0.5) is 0 Å². The zero-order chi connectivity index (χ0) is 14.8. The molecule has 2 rings (SSSR count). The Kier molecular flexibility index (Phi) is 5.04. The van der Waals surface area contributed by atoms with Gasteiger partial charge >= 0.3 is 0 Å². The van der Waals surface area contributed by atoms with E-state index < -0.39 is 5.54 Å². The third kappa shape index (κ3) is 4.43. The van der Waals surface area contributed by atoms with Crippen molar-refractivity contribution in [1.82, 2.24) is 15.1 Å². The number of nitrogens with zero attached hydrogens (tertiary/aromatic N) is 2. The van der Waals surface area contributed by atoms with Crippen molar-refractivity contribution in [2.45, 2.75) is 45.2 Å². The van der Waals surface area contributed by atoms with Crippen LogP contribution in [0.5, 0.6) is 0 Å². The summed E-state index contributed by atoms with van der Waals surface area (Å²) >= 11 is 0. The Bertz CT molecular complexity index is 335. The van der Waals surface area contributed by atoms with Gasteiger partial charge in [-0.3, -0.25) is 9.69 Å². The third-order valence-electron chi connectivity index (χ3n) is 4.37. The molecule has 0 radical (unpaired) electrons. The van der Waals surface area contributed by atoms with E-state index in [-0.39, 0.29) is 11.9 Å². The lowest BCUT2D eigenvalue weighted by Gasteiger charge is -2.40. The van der Waals surface area contributed by atoms with E-state index in [9.17, 15) is 4.79 Å². The molecule has 2 aliphatic rings. The summed E-state index contributed by atoms with van der Waals surface area (Å²) in [5.41, 5.74) is 4.97. The molecular weight excluding hydrogens is 252 g/mol. The highest BCUT2D eigenvalue weighted by atomic mass is 16.1. The van der Waals surface area contributed by atoms with Gasteiger partial charge in [0.25, 0.3) is 0 Å². The number of nitrogens with one attached hydrogen (secondary N) is 1. The Balaban J connectivity index is 1.80. The average molecular weight is 282 g/mol. The Labute approximate surface area is 122 Å². The van der Waals surface area contributed by atoms with Crippen molar-refractivity contribution in [1.29, 1.82) is 0 Å². The number of carbonyl (C=O) groups is 1. The van der Waals surface area contributed by atoms with Gasteiger partial charge in [0.05, 0.1) is 0 Å². The minimum Gasteiger partial charge on any atom is -0.368 e. The number of hydrogen-bond donors (Lipinski definition) is 2. The van der Waals surface area contributed by atoms with Crippen LogP contribution in [0.25, 0.3) is 0 Å². The second-order valence-electron chi connectivity index (χ2n) is 7.02. The molecule has 5 heteroatoms. The SMILES string of the molecule is CC(C)NC(C)(CN1CCN(CC2CC2)CC1)C(N)=O. The molecule has 1 amide bonds. The maximum Gasteiger partial charge on any atom is 0.238 e. The van der Waals surface area contributed by atoms with Crippen molar-refractivity contribution in [3.05, 3.63) is 0 Å². The number of piperazine rings is 1. The molecule has 0 bridgehead atoms. The van der Waals surface area contributed by atoms with Crippen LogP contribution >= 0.6 is 0 Å². The van der Waals surface area contributed by atoms with E-state index in [1.807, 2.05) is 6.92 Å². The lowest BCUT2D eigenvalue weighted by Crippen LogP contribution is -2.63. The first-order chi connectivity index (χ1) is 9.39. The zero-order valence-corrected chi connectivity index (χ0v) is 13.2. The lowest BCUT2D eigenvalue weighted by atomic mass is 9.99. The van der Waals surface area contributed by atoms with Crippen molar-refractivity contribution in [2.75, 3.05) is 39.3 Å². The summed E-state index contributed by atoms with van der Waals surface area (Å²) in [4.78, 5) is 16.7. The topological polar surface area (TPSA) is 61.6 Å². The molecule has 0 aromatic rings. The van der Waals surface area contributed by atoms with Crippen LogP contribution in [-0.4, -0.2) is 66.6 Å². The van der Waals surface area contributed by atoms with Gasteiger partial charge in [0.2, 0.25) is 5.91 Å². The van der Waals surface area contributed by atoms with Crippen molar-refractivity contribution < 1.29 is 4.79 Å². The monoisotopic (exact) mass is 282 g/mol. The van der Waals surface area contributed by atoms with Crippen LogP contribution in [0.2, 0.25) is 0 Å². The molecule has 0 aromatic carbocycles. The van der Waals surface area contributed by atoms with Gasteiger partial charge in [-0.25, -0.2) is 0 Å². The molecular formula is C15H30N4O. The van der Waals surface area contributed by atoms with E-state index in [1.165, 1.54) is 19.4 Å². The molecule has 0 aromatic heterocycles. The second-order valence-corrected chi connectivity index (χ2v) is 7.02. The van der Waals surface area contributed by atoms with Gasteiger partial charge in [-0.05, 0) is 39.5 Å². The maximum absolute atomic E-state index is 11.8. The highest BCUT2D eigenvalue weighted by molar-refractivity contribution is 5.84. The van der Waals surface area contributed by atoms with E-state index in [0.717, 1.165) is 32.1 Å². The predicted molar refractivity (Wildman–Crippen MR) is 81.5 cm³/mol. The Morgan fingerprint density at radius 1 is 1.25 bits per heavy atom. The van der Waals surface area contributed by atoms with Crippen molar-refractivity contribution in [3.8, 4) is 0 Å². The summed E-state index contributed by atoms with van der Waals surface area (Å²) in [5, 5.41) is 3.33. The van der Waals surface area contributed by atoms with Gasteiger partial charge in [-0.15, -0.1) is 0 Å². The van der Waals surface area contributed by atoms with Crippen LogP contribution < -0.4 is 11.1 Å². The summed E-state index contributed by atoms with van der Waals surface area (Å²) in [6, 6.07) is 0.253. The summed E-state index contributed by atoms with van der Waals surface area (Å²) in [7, 11) is 0. The molecule has 1 saturated heterocycles. The van der Waals surface area contributed by atoms with Crippen molar-refractivity contribution >= 4 is 5.91 Å². The molecule has 1 heterocycles. The number of amides is 1. The number of nitrogens with two attached hydrogens (primary N) is 1. The summed E-state index contributed by atoms with van der Waals surface area (Å²) in [6.07, 6.45) is 2.83. The van der Waals surface area contributed by atoms with Crippen LogP contribution in [0.15, 0.2) is 0 Å². The van der Waals surface area contributed by atoms with Gasteiger partial charge in [0.1, 0.15) is 5.54 Å². The summed E-state index contributed by atoms with van der Waals surface area (Å²) < 4.78 is 0. The van der Waals surface area contributed by atoms with Crippen LogP contribution in [0.1, 0.15) is 33.6 Å². The molecule has 3 N–H and O–H groups in total. The molecule has 5 nitrogen and oxygen atoms in total. The van der Waals surface area contributed by atoms with Crippen LogP contribution in [0, 0.1) is 5.92 Å². The molecule has 116 valence electrons. The molecule has 1 unspecified atom stereocenters. The van der Waals surface area contributed by atoms with Gasteiger partial charge < -0.3 is 16.0 Å². The fraction of sp³-hybridized carbons (Fsp3) is 0.933. The second kappa shape index (κ2) is 6.41. The number of primary amides is 1. The van der Waals surface area contributed by atoms with Crippen molar-refractivity contribution in [2.24, 2.45) is 11.7 Å². The third-order valence-corrected chi connectivity index (χ3v) is 4.37. The maximum atomic E-state index is 11.8. The van der Waals surface area contributed by atoms with Gasteiger partial charge in [0, 0.05) is 45.3 Å². The molecule has 2 fully saturated rings. The highest BCUT2D eigenvalue weighted by Crippen LogP contribution is 2.29. The quantitative estimate of drug-likeness (QED) is 0.703. The number of hydrogen-bond acceptors (Lipinski definition) is 4. The number of rotatable bonds is 7. The molecule has 1 aliphatic carbocycles. The Morgan fingerprint density at radius 2 is 1.80 bits per heavy atom. The summed E-state index contributed by atoms with van der Waals surface area (Å²) in [5.74, 6) is 0.701. The van der Waals surface area contributed by atoms with Crippen LogP contribution in [-0.2, 0) is 4.79 Å². The highest BCUT2D eigenvalue weighted by Gasteiger charge is 2.35. The van der Waals surface area contributed by atoms with Gasteiger partial charge in [0.15, 0.2) is 0 Å². The first-order valence-electron chi connectivity index (χ1n) is 7.91. The van der Waals surface area contributed by atoms with Gasteiger partial charge in [-0.1, -0.05) is 0 Å². The minimum atomic E-state index is -0.632. The first kappa shape index (κ1) is 15.7. The fourth-order valence-electron chi connectivity index (χ4n) is 3.07. The number of carbonyl (C=O) groups excluding carboxylic acids is 1. The van der Waals surface area contributed by atoms with E-state index in [2.05, 4.69) is 29.0 Å². The minimum absolute atomic E-state index is 0.253. The predicted octanol–water partition coefficient (Wildman–Crippen LogP) is 0.256. The standard InChI is InChI=1S/C15H30N4O/c1-12(2)17-15(3,14(16)20)11-19-8-6-18(7-9-19)10-13-4-5-13/h12-13,17H,4-11H2,1-3H3,(H2,16,20). The lowest BCUT2D eigenvalue weighted by molar-refractivity contribution is -0.125. The van der Waals surface area contributed by atoms with E-state index in [4.69, 9.17) is 5.73 Å².